The summed E-state index contributed by atoms with van der Waals surface area (Å²) in [6, 6.07) is 0. The van der Waals surface area contributed by atoms with Crippen molar-refractivity contribution in [3.05, 3.63) is 17.0 Å². The number of carbonyl (C=O) groups excluding carboxylic acids is 1. The highest BCUT2D eigenvalue weighted by Crippen LogP contribution is 2.21. The van der Waals surface area contributed by atoms with Crippen LogP contribution >= 0.6 is 11.6 Å². The monoisotopic (exact) mass is 314 g/mol. The zero-order chi connectivity index (χ0) is 15.9. The second-order valence-electron chi connectivity index (χ2n) is 5.68. The number of hydrogen-bond acceptors (Lipinski definition) is 6. The smallest absolute Gasteiger partial charge is 0.293 e. The number of halogens is 1. The third-order valence-corrected chi connectivity index (χ3v) is 3.20. The minimum absolute atomic E-state index is 0.318. The van der Waals surface area contributed by atoms with E-state index in [0.29, 0.717) is 11.6 Å². The van der Waals surface area contributed by atoms with Gasteiger partial charge < -0.3 is 15.0 Å². The van der Waals surface area contributed by atoms with Crippen molar-refractivity contribution in [2.75, 3.05) is 31.1 Å². The summed E-state index contributed by atoms with van der Waals surface area (Å²) in [7, 11) is 0. The molecule has 0 radical (unpaired) electrons. The lowest BCUT2D eigenvalue weighted by molar-refractivity contribution is -0.138. The normalized spacial score (nSPS) is 15.0. The van der Waals surface area contributed by atoms with Crippen molar-refractivity contribution >= 4 is 23.9 Å². The lowest BCUT2D eigenvalue weighted by Crippen LogP contribution is -2.44. The van der Waals surface area contributed by atoms with Crippen LogP contribution in [0.5, 0.6) is 0 Å². The van der Waals surface area contributed by atoms with Gasteiger partial charge in [-0.15, -0.1) is 0 Å². The molecule has 0 atom stereocenters. The Morgan fingerprint density at radius 2 is 1.95 bits per heavy atom. The molecule has 7 heteroatoms. The standard InChI is InChI=1S/C9H13ClN4.C5H10O2/c1-7-8(10)12-6-13-9(7)14-4-2-11-3-5-14;1-5(2,3)7-4-6/h6,11H,2-5H2,1H3;4H,1-3H3. The molecule has 118 valence electrons. The fourth-order valence-corrected chi connectivity index (χ4v) is 1.89. The Balaban J connectivity index is 0.000000270. The summed E-state index contributed by atoms with van der Waals surface area (Å²) in [6.45, 7) is 11.8. The molecule has 1 aliphatic heterocycles. The van der Waals surface area contributed by atoms with Gasteiger partial charge in [-0.25, -0.2) is 9.97 Å². The van der Waals surface area contributed by atoms with E-state index in [1.807, 2.05) is 27.7 Å². The molecule has 1 aliphatic rings. The summed E-state index contributed by atoms with van der Waals surface area (Å²) >= 11 is 5.94. The third kappa shape index (κ3) is 6.27. The first kappa shape index (κ1) is 17.7. The van der Waals surface area contributed by atoms with Gasteiger partial charge in [0.2, 0.25) is 0 Å². The molecular weight excluding hydrogens is 292 g/mol. The van der Waals surface area contributed by atoms with Gasteiger partial charge in [-0.1, -0.05) is 11.6 Å². The number of aromatic nitrogens is 2. The van der Waals surface area contributed by atoms with Crippen LogP contribution < -0.4 is 10.2 Å². The Kier molecular flexibility index (Phi) is 6.84. The van der Waals surface area contributed by atoms with Crippen LogP contribution in [0.1, 0.15) is 26.3 Å². The molecule has 0 bridgehead atoms. The summed E-state index contributed by atoms with van der Waals surface area (Å²) in [6.07, 6.45) is 1.52. The van der Waals surface area contributed by atoms with Crippen molar-refractivity contribution in [3.63, 3.8) is 0 Å². The number of ether oxygens (including phenoxy) is 1. The van der Waals surface area contributed by atoms with Gasteiger partial charge in [-0.05, 0) is 27.7 Å². The van der Waals surface area contributed by atoms with E-state index in [1.165, 1.54) is 6.33 Å². The maximum absolute atomic E-state index is 9.60. The number of piperazine rings is 1. The first-order valence-electron chi connectivity index (χ1n) is 6.89. The predicted octanol–water partition coefficient (Wildman–Crippen LogP) is 1.81. The van der Waals surface area contributed by atoms with Gasteiger partial charge in [0.15, 0.2) is 0 Å². The summed E-state index contributed by atoms with van der Waals surface area (Å²) < 4.78 is 4.55. The van der Waals surface area contributed by atoms with E-state index in [1.54, 1.807) is 0 Å². The van der Waals surface area contributed by atoms with E-state index in [0.717, 1.165) is 37.6 Å². The molecule has 0 unspecified atom stereocenters. The van der Waals surface area contributed by atoms with E-state index in [4.69, 9.17) is 11.6 Å². The molecule has 0 saturated carbocycles. The van der Waals surface area contributed by atoms with E-state index >= 15 is 0 Å². The van der Waals surface area contributed by atoms with Crippen LogP contribution in [0, 0.1) is 6.92 Å². The maximum Gasteiger partial charge on any atom is 0.293 e. The highest BCUT2D eigenvalue weighted by Gasteiger charge is 2.15. The molecule has 1 fully saturated rings. The molecule has 0 spiro atoms. The minimum atomic E-state index is -0.318. The molecule has 0 aromatic carbocycles. The third-order valence-electron chi connectivity index (χ3n) is 2.81. The van der Waals surface area contributed by atoms with E-state index in [2.05, 4.69) is 24.9 Å². The molecular formula is C14H23ClN4O2. The van der Waals surface area contributed by atoms with Crippen LogP contribution in [0.3, 0.4) is 0 Å². The molecule has 2 rings (SSSR count). The van der Waals surface area contributed by atoms with Crippen LogP contribution in [-0.2, 0) is 9.53 Å². The molecule has 1 aromatic rings. The summed E-state index contributed by atoms with van der Waals surface area (Å²) in [4.78, 5) is 20.0. The Labute approximate surface area is 130 Å². The van der Waals surface area contributed by atoms with E-state index in [-0.39, 0.29) is 5.60 Å². The summed E-state index contributed by atoms with van der Waals surface area (Å²) in [5.41, 5.74) is 0.651. The molecule has 6 nitrogen and oxygen atoms in total. The van der Waals surface area contributed by atoms with Crippen molar-refractivity contribution in [2.24, 2.45) is 0 Å². The molecule has 21 heavy (non-hydrogen) atoms. The second kappa shape index (κ2) is 8.14. The Bertz CT molecular complexity index is 457. The molecule has 2 heterocycles. The molecule has 1 saturated heterocycles. The lowest BCUT2D eigenvalue weighted by atomic mass is 10.2. The summed E-state index contributed by atoms with van der Waals surface area (Å²) in [5, 5.41) is 3.85. The second-order valence-corrected chi connectivity index (χ2v) is 6.03. The summed E-state index contributed by atoms with van der Waals surface area (Å²) in [5.74, 6) is 0.964. The Morgan fingerprint density at radius 3 is 2.43 bits per heavy atom. The Morgan fingerprint density at radius 1 is 1.33 bits per heavy atom. The van der Waals surface area contributed by atoms with Crippen molar-refractivity contribution in [1.82, 2.24) is 15.3 Å². The van der Waals surface area contributed by atoms with Crippen molar-refractivity contribution < 1.29 is 9.53 Å². The zero-order valence-electron chi connectivity index (χ0n) is 13.0. The zero-order valence-corrected chi connectivity index (χ0v) is 13.8. The number of rotatable bonds is 2. The molecule has 1 aromatic heterocycles. The largest absolute Gasteiger partial charge is 0.462 e. The fourth-order valence-electron chi connectivity index (χ4n) is 1.76. The van der Waals surface area contributed by atoms with Gasteiger partial charge in [-0.3, -0.25) is 4.79 Å². The van der Waals surface area contributed by atoms with Gasteiger partial charge in [0.1, 0.15) is 22.9 Å². The van der Waals surface area contributed by atoms with Gasteiger partial charge in [0.25, 0.3) is 6.47 Å². The van der Waals surface area contributed by atoms with Crippen LogP contribution in [0.15, 0.2) is 6.33 Å². The lowest BCUT2D eigenvalue weighted by Gasteiger charge is -2.29. The first-order chi connectivity index (χ1) is 9.85. The van der Waals surface area contributed by atoms with Gasteiger partial charge in [0, 0.05) is 31.7 Å². The SMILES string of the molecule is CC(C)(C)OC=O.Cc1c(Cl)ncnc1N1CCNCC1. The van der Waals surface area contributed by atoms with Gasteiger partial charge in [-0.2, -0.15) is 0 Å². The minimum Gasteiger partial charge on any atom is -0.462 e. The average Bonchev–Trinajstić information content (AvgIpc) is 2.42. The molecule has 0 aliphatic carbocycles. The van der Waals surface area contributed by atoms with Crippen LogP contribution in [0.25, 0.3) is 0 Å². The van der Waals surface area contributed by atoms with E-state index < -0.39 is 0 Å². The highest BCUT2D eigenvalue weighted by molar-refractivity contribution is 6.30. The maximum atomic E-state index is 9.60. The number of hydrogen-bond donors (Lipinski definition) is 1. The van der Waals surface area contributed by atoms with Crippen LogP contribution in [0.4, 0.5) is 5.82 Å². The van der Waals surface area contributed by atoms with Gasteiger partial charge in [0.05, 0.1) is 0 Å². The molecule has 1 N–H and O–H groups in total. The van der Waals surface area contributed by atoms with Crippen LogP contribution in [0.2, 0.25) is 5.15 Å². The quantitative estimate of drug-likeness (QED) is 0.663. The molecule has 0 amide bonds. The first-order valence-corrected chi connectivity index (χ1v) is 7.27. The van der Waals surface area contributed by atoms with Crippen molar-refractivity contribution in [3.8, 4) is 0 Å². The van der Waals surface area contributed by atoms with Crippen molar-refractivity contribution in [1.29, 1.82) is 0 Å². The number of carbonyl (C=O) groups is 1. The fraction of sp³-hybridized carbons (Fsp3) is 0.643. The highest BCUT2D eigenvalue weighted by atomic mass is 35.5. The topological polar surface area (TPSA) is 67.3 Å². The van der Waals surface area contributed by atoms with Gasteiger partial charge >= 0.3 is 0 Å². The number of nitrogens with zero attached hydrogens (tertiary/aromatic N) is 3. The predicted molar refractivity (Wildman–Crippen MR) is 83.8 cm³/mol. The van der Waals surface area contributed by atoms with Crippen molar-refractivity contribution in [2.45, 2.75) is 33.3 Å². The van der Waals surface area contributed by atoms with Crippen LogP contribution in [-0.4, -0.2) is 48.2 Å². The number of anilines is 1. The van der Waals surface area contributed by atoms with E-state index in [9.17, 15) is 4.79 Å². The Hall–Kier alpha value is -1.40. The average molecular weight is 315 g/mol. The number of nitrogens with one attached hydrogen (secondary N) is 1.